The molecule has 2 amide bonds. The first kappa shape index (κ1) is 19.8. The highest BCUT2D eigenvalue weighted by Crippen LogP contribution is 2.15. The van der Waals surface area contributed by atoms with E-state index in [1.807, 2.05) is 0 Å². The van der Waals surface area contributed by atoms with Crippen LogP contribution in [-0.2, 0) is 16.1 Å². The van der Waals surface area contributed by atoms with E-state index >= 15 is 0 Å². The number of rotatable bonds is 5. The number of pyridine rings is 1. The molecule has 2 N–H and O–H groups in total. The maximum absolute atomic E-state index is 12.9. The molecule has 28 heavy (non-hydrogen) atoms. The number of hydrogen-bond acceptors (Lipinski definition) is 5. The molecule has 2 aromatic rings. The smallest absolute Gasteiger partial charge is 0.352 e. The van der Waals surface area contributed by atoms with Crippen LogP contribution in [0.1, 0.15) is 27.4 Å². The molecule has 1 saturated heterocycles. The summed E-state index contributed by atoms with van der Waals surface area (Å²) in [4.78, 5) is 42.4. The summed E-state index contributed by atoms with van der Waals surface area (Å²) in [5, 5.41) is 12.4. The molecule has 0 saturated carbocycles. The standard InChI is InChI=1S/C18H19ClN4O5/c19-12-2-5-15(20-10-12)21-16(24)11-23-13(3-4-14(23)18(26)27)17(25)22-6-1-8-28-9-7-22/h2-5,10H,1,6-9,11H2,(H,26,27)(H,20,21,24). The fourth-order valence-corrected chi connectivity index (χ4v) is 3.01. The van der Waals surface area contributed by atoms with E-state index < -0.39 is 11.9 Å². The van der Waals surface area contributed by atoms with E-state index in [0.29, 0.717) is 37.7 Å². The van der Waals surface area contributed by atoms with Crippen molar-refractivity contribution in [1.29, 1.82) is 0 Å². The predicted molar refractivity (Wildman–Crippen MR) is 101 cm³/mol. The minimum Gasteiger partial charge on any atom is -0.477 e. The Morgan fingerprint density at radius 3 is 2.64 bits per heavy atom. The van der Waals surface area contributed by atoms with Crippen molar-refractivity contribution in [3.8, 4) is 0 Å². The lowest BCUT2D eigenvalue weighted by Crippen LogP contribution is -2.35. The van der Waals surface area contributed by atoms with Crippen LogP contribution in [-0.4, -0.2) is 63.6 Å². The molecule has 0 atom stereocenters. The predicted octanol–water partition coefficient (Wildman–Crippen LogP) is 1.74. The van der Waals surface area contributed by atoms with Crippen LogP contribution in [0, 0.1) is 0 Å². The van der Waals surface area contributed by atoms with Crippen molar-refractivity contribution in [3.63, 3.8) is 0 Å². The van der Waals surface area contributed by atoms with Gasteiger partial charge in [0, 0.05) is 25.9 Å². The highest BCUT2D eigenvalue weighted by molar-refractivity contribution is 6.30. The lowest BCUT2D eigenvalue weighted by Gasteiger charge is -2.21. The van der Waals surface area contributed by atoms with Gasteiger partial charge in [-0.1, -0.05) is 11.6 Å². The van der Waals surface area contributed by atoms with Gasteiger partial charge in [-0.05, 0) is 30.7 Å². The normalized spacial score (nSPS) is 14.4. The first-order valence-corrected chi connectivity index (χ1v) is 9.05. The van der Waals surface area contributed by atoms with Crippen molar-refractivity contribution in [1.82, 2.24) is 14.5 Å². The van der Waals surface area contributed by atoms with Crippen LogP contribution in [0.3, 0.4) is 0 Å². The number of nitrogens with one attached hydrogen (secondary N) is 1. The van der Waals surface area contributed by atoms with Crippen LogP contribution in [0.25, 0.3) is 0 Å². The van der Waals surface area contributed by atoms with Crippen molar-refractivity contribution < 1.29 is 24.2 Å². The number of ether oxygens (including phenoxy) is 1. The van der Waals surface area contributed by atoms with Gasteiger partial charge in [0.05, 0.1) is 11.6 Å². The monoisotopic (exact) mass is 406 g/mol. The average Bonchev–Trinajstić information content (AvgIpc) is 2.88. The van der Waals surface area contributed by atoms with E-state index in [4.69, 9.17) is 16.3 Å². The molecule has 148 valence electrons. The maximum atomic E-state index is 12.9. The molecule has 0 aliphatic carbocycles. The first-order chi connectivity index (χ1) is 13.5. The molecule has 0 unspecified atom stereocenters. The van der Waals surface area contributed by atoms with Crippen LogP contribution in [0.5, 0.6) is 0 Å². The number of aromatic carboxylic acids is 1. The van der Waals surface area contributed by atoms with E-state index in [0.717, 1.165) is 0 Å². The van der Waals surface area contributed by atoms with Crippen molar-refractivity contribution in [3.05, 3.63) is 46.9 Å². The average molecular weight is 407 g/mol. The van der Waals surface area contributed by atoms with Gasteiger partial charge in [0.25, 0.3) is 5.91 Å². The number of nitrogens with zero attached hydrogens (tertiary/aromatic N) is 3. The lowest BCUT2D eigenvalue weighted by molar-refractivity contribution is -0.116. The Labute approximate surface area is 165 Å². The van der Waals surface area contributed by atoms with E-state index in [1.165, 1.54) is 29.0 Å². The number of carboxylic acid groups (broad SMARTS) is 1. The van der Waals surface area contributed by atoms with Gasteiger partial charge >= 0.3 is 5.97 Å². The van der Waals surface area contributed by atoms with Gasteiger partial charge in [0.2, 0.25) is 5.91 Å². The molecule has 0 spiro atoms. The lowest BCUT2D eigenvalue weighted by atomic mass is 10.3. The van der Waals surface area contributed by atoms with Gasteiger partial charge in [-0.2, -0.15) is 0 Å². The fourth-order valence-electron chi connectivity index (χ4n) is 2.90. The maximum Gasteiger partial charge on any atom is 0.352 e. The second-order valence-corrected chi connectivity index (χ2v) is 6.60. The summed E-state index contributed by atoms with van der Waals surface area (Å²) >= 11 is 5.76. The van der Waals surface area contributed by atoms with E-state index in [1.54, 1.807) is 11.0 Å². The number of anilines is 1. The first-order valence-electron chi connectivity index (χ1n) is 8.67. The Kier molecular flexibility index (Phi) is 6.27. The van der Waals surface area contributed by atoms with Crippen LogP contribution in [0.2, 0.25) is 5.02 Å². The Bertz CT molecular complexity index is 873. The second-order valence-electron chi connectivity index (χ2n) is 6.16. The molecular formula is C18H19ClN4O5. The van der Waals surface area contributed by atoms with Crippen molar-refractivity contribution in [2.75, 3.05) is 31.6 Å². The number of carbonyl (C=O) groups is 3. The highest BCUT2D eigenvalue weighted by atomic mass is 35.5. The van der Waals surface area contributed by atoms with Gasteiger partial charge in [0.1, 0.15) is 23.8 Å². The van der Waals surface area contributed by atoms with Crippen LogP contribution >= 0.6 is 11.6 Å². The third-order valence-electron chi connectivity index (χ3n) is 4.22. The molecule has 9 nitrogen and oxygen atoms in total. The van der Waals surface area contributed by atoms with Gasteiger partial charge in [0.15, 0.2) is 0 Å². The van der Waals surface area contributed by atoms with Crippen LogP contribution < -0.4 is 5.32 Å². The summed E-state index contributed by atoms with van der Waals surface area (Å²) in [5.74, 6) is -1.80. The molecule has 0 bridgehead atoms. The summed E-state index contributed by atoms with van der Waals surface area (Å²) < 4.78 is 6.54. The SMILES string of the molecule is O=C(Cn1c(C(=O)O)ccc1C(=O)N1CCCOCC1)Nc1ccc(Cl)cn1. The second kappa shape index (κ2) is 8.85. The summed E-state index contributed by atoms with van der Waals surface area (Å²) in [6.07, 6.45) is 2.08. The minimum absolute atomic E-state index is 0.138. The summed E-state index contributed by atoms with van der Waals surface area (Å²) in [6, 6.07) is 5.83. The van der Waals surface area contributed by atoms with Crippen LogP contribution in [0.4, 0.5) is 5.82 Å². The van der Waals surface area contributed by atoms with E-state index in [9.17, 15) is 19.5 Å². The van der Waals surface area contributed by atoms with Crippen molar-refractivity contribution in [2.45, 2.75) is 13.0 Å². The Balaban J connectivity index is 1.81. The fraction of sp³-hybridized carbons (Fsp3) is 0.333. The van der Waals surface area contributed by atoms with E-state index in [-0.39, 0.29) is 29.7 Å². The largest absolute Gasteiger partial charge is 0.477 e. The summed E-state index contributed by atoms with van der Waals surface area (Å²) in [6.45, 7) is 1.56. The zero-order chi connectivity index (χ0) is 20.1. The Morgan fingerprint density at radius 2 is 1.93 bits per heavy atom. The molecule has 2 aromatic heterocycles. The van der Waals surface area contributed by atoms with Crippen LogP contribution in [0.15, 0.2) is 30.5 Å². The molecule has 0 aromatic carbocycles. The number of hydrogen-bond donors (Lipinski definition) is 2. The number of halogens is 1. The molecule has 3 rings (SSSR count). The topological polar surface area (TPSA) is 114 Å². The molecular weight excluding hydrogens is 388 g/mol. The molecule has 1 aliphatic rings. The summed E-state index contributed by atoms with van der Waals surface area (Å²) in [5.41, 5.74) is -0.00727. The molecule has 1 fully saturated rings. The van der Waals surface area contributed by atoms with Gasteiger partial charge < -0.3 is 24.6 Å². The quantitative estimate of drug-likeness (QED) is 0.781. The Hall–Kier alpha value is -2.91. The molecule has 0 radical (unpaired) electrons. The number of amides is 2. The zero-order valence-corrected chi connectivity index (χ0v) is 15.7. The number of carbonyl (C=O) groups excluding carboxylic acids is 2. The van der Waals surface area contributed by atoms with E-state index in [2.05, 4.69) is 10.3 Å². The van der Waals surface area contributed by atoms with Gasteiger partial charge in [-0.3, -0.25) is 9.59 Å². The number of carboxylic acids is 1. The zero-order valence-electron chi connectivity index (χ0n) is 14.9. The van der Waals surface area contributed by atoms with Crippen molar-refractivity contribution in [2.24, 2.45) is 0 Å². The van der Waals surface area contributed by atoms with Gasteiger partial charge in [-0.15, -0.1) is 0 Å². The third kappa shape index (κ3) is 4.68. The molecule has 1 aliphatic heterocycles. The third-order valence-corrected chi connectivity index (χ3v) is 4.45. The Morgan fingerprint density at radius 1 is 1.14 bits per heavy atom. The minimum atomic E-state index is -1.23. The highest BCUT2D eigenvalue weighted by Gasteiger charge is 2.25. The summed E-state index contributed by atoms with van der Waals surface area (Å²) in [7, 11) is 0. The molecule has 3 heterocycles. The number of aromatic nitrogens is 2. The molecule has 10 heteroatoms. The van der Waals surface area contributed by atoms with Gasteiger partial charge in [-0.25, -0.2) is 9.78 Å². The van der Waals surface area contributed by atoms with Crippen molar-refractivity contribution >= 4 is 35.2 Å².